The molecular formula is C16H18FN3O3. The Balaban J connectivity index is 2.34. The summed E-state index contributed by atoms with van der Waals surface area (Å²) < 4.78 is 14.5. The van der Waals surface area contributed by atoms with Gasteiger partial charge >= 0.3 is 5.97 Å². The third-order valence-corrected chi connectivity index (χ3v) is 3.37. The minimum absolute atomic E-state index is 0.154. The highest BCUT2D eigenvalue weighted by molar-refractivity contribution is 5.94. The smallest absolute Gasteiger partial charge is 0.323 e. The molecule has 1 aromatic carbocycles. The van der Waals surface area contributed by atoms with Crippen LogP contribution < -0.4 is 0 Å². The average molecular weight is 319 g/mol. The zero-order valence-electron chi connectivity index (χ0n) is 13.2. The number of carbonyl (C=O) groups excluding carboxylic acids is 1. The highest BCUT2D eigenvalue weighted by Crippen LogP contribution is 2.15. The number of carboxylic acid groups (broad SMARTS) is 1. The van der Waals surface area contributed by atoms with Crippen molar-refractivity contribution < 1.29 is 19.1 Å². The van der Waals surface area contributed by atoms with Crippen LogP contribution in [-0.2, 0) is 4.79 Å². The van der Waals surface area contributed by atoms with Gasteiger partial charge in [0.25, 0.3) is 5.91 Å². The van der Waals surface area contributed by atoms with Crippen LogP contribution in [0.5, 0.6) is 0 Å². The summed E-state index contributed by atoms with van der Waals surface area (Å²) in [6.45, 7) is 4.86. The molecule has 0 bridgehead atoms. The number of hydrogen-bond acceptors (Lipinski definition) is 3. The highest BCUT2D eigenvalue weighted by atomic mass is 19.1. The average Bonchev–Trinajstić information content (AvgIpc) is 2.86. The molecule has 7 heteroatoms. The van der Waals surface area contributed by atoms with E-state index in [1.165, 1.54) is 21.7 Å². The molecule has 23 heavy (non-hydrogen) atoms. The van der Waals surface area contributed by atoms with E-state index < -0.39 is 11.9 Å². The highest BCUT2D eigenvalue weighted by Gasteiger charge is 2.24. The van der Waals surface area contributed by atoms with Gasteiger partial charge in [-0.3, -0.25) is 9.59 Å². The third-order valence-electron chi connectivity index (χ3n) is 3.37. The van der Waals surface area contributed by atoms with E-state index in [1.807, 2.05) is 0 Å². The van der Waals surface area contributed by atoms with Crippen LogP contribution in [0.25, 0.3) is 5.69 Å². The Labute approximate surface area is 133 Å². The Hall–Kier alpha value is -2.70. The number of aryl methyl sites for hydroxylation is 1. The Kier molecular flexibility index (Phi) is 4.78. The van der Waals surface area contributed by atoms with Crippen LogP contribution in [0.4, 0.5) is 4.39 Å². The molecule has 2 rings (SSSR count). The van der Waals surface area contributed by atoms with E-state index in [2.05, 4.69) is 5.10 Å². The molecule has 0 radical (unpaired) electrons. The first-order chi connectivity index (χ1) is 10.8. The number of nitrogens with zero attached hydrogens (tertiary/aromatic N) is 3. The van der Waals surface area contributed by atoms with Gasteiger partial charge in [0.05, 0.1) is 5.69 Å². The van der Waals surface area contributed by atoms with Gasteiger partial charge in [-0.15, -0.1) is 0 Å². The summed E-state index contributed by atoms with van der Waals surface area (Å²) in [5.74, 6) is -1.89. The van der Waals surface area contributed by atoms with Crippen LogP contribution in [-0.4, -0.2) is 44.3 Å². The first-order valence-corrected chi connectivity index (χ1v) is 7.15. The molecule has 1 heterocycles. The number of aliphatic carboxylic acids is 1. The number of carboxylic acids is 1. The molecule has 1 amide bonds. The normalized spacial score (nSPS) is 10.8. The number of aromatic nitrogens is 2. The van der Waals surface area contributed by atoms with Crippen LogP contribution in [0.1, 0.15) is 30.0 Å². The van der Waals surface area contributed by atoms with E-state index in [-0.39, 0.29) is 24.1 Å². The maximum absolute atomic E-state index is 13.0. The topological polar surface area (TPSA) is 75.4 Å². The molecule has 2 aromatic rings. The van der Waals surface area contributed by atoms with E-state index in [4.69, 9.17) is 5.11 Å². The van der Waals surface area contributed by atoms with Gasteiger partial charge in [0.2, 0.25) is 0 Å². The van der Waals surface area contributed by atoms with Crippen molar-refractivity contribution in [1.29, 1.82) is 0 Å². The lowest BCUT2D eigenvalue weighted by atomic mass is 10.2. The molecule has 6 nitrogen and oxygen atoms in total. The fourth-order valence-corrected chi connectivity index (χ4v) is 2.20. The molecule has 0 aliphatic heterocycles. The monoisotopic (exact) mass is 319 g/mol. The summed E-state index contributed by atoms with van der Waals surface area (Å²) in [5, 5.41) is 13.2. The van der Waals surface area contributed by atoms with Crippen molar-refractivity contribution in [3.63, 3.8) is 0 Å². The molecule has 0 unspecified atom stereocenters. The van der Waals surface area contributed by atoms with Crippen LogP contribution in [0.15, 0.2) is 30.3 Å². The van der Waals surface area contributed by atoms with Gasteiger partial charge in [-0.2, -0.15) is 5.10 Å². The van der Waals surface area contributed by atoms with Gasteiger partial charge in [-0.1, -0.05) is 0 Å². The van der Waals surface area contributed by atoms with Crippen LogP contribution in [0, 0.1) is 12.7 Å². The van der Waals surface area contributed by atoms with Crippen molar-refractivity contribution >= 4 is 11.9 Å². The second kappa shape index (κ2) is 6.60. The fourth-order valence-electron chi connectivity index (χ4n) is 2.20. The summed E-state index contributed by atoms with van der Waals surface area (Å²) in [4.78, 5) is 24.7. The molecule has 0 fully saturated rings. The summed E-state index contributed by atoms with van der Waals surface area (Å²) in [6.07, 6.45) is 0. The number of amides is 1. The number of carbonyl (C=O) groups is 2. The standard InChI is InChI=1S/C16H18FN3O3/c1-10(2)19(9-15(21)22)16(23)14-8-11(3)20(18-14)13-6-4-12(17)5-7-13/h4-8,10H,9H2,1-3H3,(H,21,22). The molecule has 0 aliphatic carbocycles. The second-order valence-corrected chi connectivity index (χ2v) is 5.48. The van der Waals surface area contributed by atoms with Crippen molar-refractivity contribution in [2.75, 3.05) is 6.54 Å². The largest absolute Gasteiger partial charge is 0.480 e. The van der Waals surface area contributed by atoms with E-state index in [1.54, 1.807) is 39.0 Å². The molecule has 122 valence electrons. The molecule has 0 saturated heterocycles. The van der Waals surface area contributed by atoms with Crippen LogP contribution in [0.2, 0.25) is 0 Å². The predicted octanol–water partition coefficient (Wildman–Crippen LogP) is 2.26. The predicted molar refractivity (Wildman–Crippen MR) is 82.1 cm³/mol. The van der Waals surface area contributed by atoms with E-state index in [9.17, 15) is 14.0 Å². The summed E-state index contributed by atoms with van der Waals surface area (Å²) in [7, 11) is 0. The van der Waals surface area contributed by atoms with E-state index in [0.717, 1.165) is 0 Å². The number of halogens is 1. The Morgan fingerprint density at radius 1 is 1.30 bits per heavy atom. The number of hydrogen-bond donors (Lipinski definition) is 1. The molecule has 0 aliphatic rings. The quantitative estimate of drug-likeness (QED) is 0.917. The Morgan fingerprint density at radius 2 is 1.91 bits per heavy atom. The minimum Gasteiger partial charge on any atom is -0.480 e. The summed E-state index contributed by atoms with van der Waals surface area (Å²) in [6, 6.07) is 7.05. The van der Waals surface area contributed by atoms with Gasteiger partial charge in [0.15, 0.2) is 5.69 Å². The fraction of sp³-hybridized carbons (Fsp3) is 0.312. The summed E-state index contributed by atoms with van der Waals surface area (Å²) >= 11 is 0. The lowest BCUT2D eigenvalue weighted by Gasteiger charge is -2.23. The van der Waals surface area contributed by atoms with Crippen molar-refractivity contribution in [2.45, 2.75) is 26.8 Å². The number of benzene rings is 1. The van der Waals surface area contributed by atoms with Gasteiger partial charge < -0.3 is 10.0 Å². The zero-order chi connectivity index (χ0) is 17.1. The molecular weight excluding hydrogens is 301 g/mol. The molecule has 1 N–H and O–H groups in total. The van der Waals surface area contributed by atoms with E-state index >= 15 is 0 Å². The molecule has 1 aromatic heterocycles. The van der Waals surface area contributed by atoms with Crippen molar-refractivity contribution in [3.05, 3.63) is 47.5 Å². The first kappa shape index (κ1) is 16.7. The van der Waals surface area contributed by atoms with Gasteiger partial charge in [-0.05, 0) is 51.1 Å². The lowest BCUT2D eigenvalue weighted by molar-refractivity contribution is -0.138. The SMILES string of the molecule is Cc1cc(C(=O)N(CC(=O)O)C(C)C)nn1-c1ccc(F)cc1. The maximum Gasteiger partial charge on any atom is 0.323 e. The van der Waals surface area contributed by atoms with Gasteiger partial charge in [-0.25, -0.2) is 9.07 Å². The van der Waals surface area contributed by atoms with Crippen LogP contribution >= 0.6 is 0 Å². The zero-order valence-corrected chi connectivity index (χ0v) is 13.2. The molecule has 0 atom stereocenters. The van der Waals surface area contributed by atoms with Crippen molar-refractivity contribution in [1.82, 2.24) is 14.7 Å². The Morgan fingerprint density at radius 3 is 2.43 bits per heavy atom. The van der Waals surface area contributed by atoms with Gasteiger partial charge in [0, 0.05) is 11.7 Å². The van der Waals surface area contributed by atoms with Crippen LogP contribution in [0.3, 0.4) is 0 Å². The second-order valence-electron chi connectivity index (χ2n) is 5.48. The van der Waals surface area contributed by atoms with Crippen molar-refractivity contribution in [3.8, 4) is 5.69 Å². The molecule has 0 spiro atoms. The maximum atomic E-state index is 13.0. The number of rotatable bonds is 5. The van der Waals surface area contributed by atoms with Crippen molar-refractivity contribution in [2.24, 2.45) is 0 Å². The third kappa shape index (κ3) is 3.74. The first-order valence-electron chi connectivity index (χ1n) is 7.15. The lowest BCUT2D eigenvalue weighted by Crippen LogP contribution is -2.40. The van der Waals surface area contributed by atoms with E-state index in [0.29, 0.717) is 11.4 Å². The minimum atomic E-state index is -1.08. The Bertz CT molecular complexity index is 723. The molecule has 0 saturated carbocycles. The summed E-state index contributed by atoms with van der Waals surface area (Å²) in [5.41, 5.74) is 1.47. The van der Waals surface area contributed by atoms with Gasteiger partial charge in [0.1, 0.15) is 12.4 Å².